The third kappa shape index (κ3) is 4.94. The molecule has 2 aromatic rings. The highest BCUT2D eigenvalue weighted by Crippen LogP contribution is 2.25. The molecule has 0 saturated carbocycles. The minimum absolute atomic E-state index is 0.0393. The molecule has 0 bridgehead atoms. The van der Waals surface area contributed by atoms with E-state index in [-0.39, 0.29) is 11.2 Å². The molecule has 1 atom stereocenters. The van der Waals surface area contributed by atoms with E-state index < -0.39 is 0 Å². The molecule has 4 nitrogen and oxygen atoms in total. The Hall–Kier alpha value is -2.14. The first-order valence-electron chi connectivity index (χ1n) is 8.97. The number of ether oxygens (including phenoxy) is 2. The van der Waals surface area contributed by atoms with Crippen molar-refractivity contribution in [2.45, 2.75) is 31.4 Å². The summed E-state index contributed by atoms with van der Waals surface area (Å²) < 4.78 is 10.8. The van der Waals surface area contributed by atoms with E-state index in [2.05, 4.69) is 17.4 Å². The van der Waals surface area contributed by atoms with Crippen LogP contribution in [0.5, 0.6) is 11.5 Å². The maximum absolute atomic E-state index is 12.4. The molecule has 2 aromatic carbocycles. The summed E-state index contributed by atoms with van der Waals surface area (Å²) in [6, 6.07) is 13.8. The SMILES string of the molecule is COc1ccc(OCCSC(C)C(=O)Nc2ccc3c(c2)CCC3)cc1. The number of anilines is 1. The van der Waals surface area contributed by atoms with Gasteiger partial charge in [0.15, 0.2) is 0 Å². The number of aryl methyl sites for hydroxylation is 2. The van der Waals surface area contributed by atoms with Gasteiger partial charge in [-0.2, -0.15) is 0 Å². The van der Waals surface area contributed by atoms with E-state index in [4.69, 9.17) is 9.47 Å². The number of nitrogens with one attached hydrogen (secondary N) is 1. The quantitative estimate of drug-likeness (QED) is 0.702. The number of fused-ring (bicyclic) bond motifs is 1. The standard InChI is InChI=1S/C21H25NO3S/c1-15(26-13-12-25-20-10-8-19(24-2)9-11-20)21(23)22-18-7-6-16-4-3-5-17(16)14-18/h6-11,14-15H,3-5,12-13H2,1-2H3,(H,22,23). The van der Waals surface area contributed by atoms with Gasteiger partial charge in [-0.25, -0.2) is 0 Å². The molecule has 3 rings (SSSR count). The van der Waals surface area contributed by atoms with Crippen molar-refractivity contribution in [1.29, 1.82) is 0 Å². The number of hydrogen-bond donors (Lipinski definition) is 1. The molecule has 1 aliphatic carbocycles. The van der Waals surface area contributed by atoms with E-state index in [1.165, 1.54) is 17.5 Å². The average molecular weight is 372 g/mol. The summed E-state index contributed by atoms with van der Waals surface area (Å²) in [6.07, 6.45) is 3.49. The van der Waals surface area contributed by atoms with Gasteiger partial charge in [0, 0.05) is 11.4 Å². The third-order valence-electron chi connectivity index (χ3n) is 4.51. The lowest BCUT2D eigenvalue weighted by molar-refractivity contribution is -0.115. The molecule has 0 aliphatic heterocycles. The summed E-state index contributed by atoms with van der Waals surface area (Å²) in [6.45, 7) is 2.49. The molecule has 0 saturated heterocycles. The summed E-state index contributed by atoms with van der Waals surface area (Å²) in [5, 5.41) is 2.91. The van der Waals surface area contributed by atoms with Gasteiger partial charge in [0.25, 0.3) is 0 Å². The molecule has 0 radical (unpaired) electrons. The Bertz CT molecular complexity index is 745. The van der Waals surface area contributed by atoms with Crippen LogP contribution in [0.2, 0.25) is 0 Å². The van der Waals surface area contributed by atoms with Crippen LogP contribution in [0.3, 0.4) is 0 Å². The van der Waals surface area contributed by atoms with Gasteiger partial charge in [0.1, 0.15) is 11.5 Å². The van der Waals surface area contributed by atoms with E-state index >= 15 is 0 Å². The van der Waals surface area contributed by atoms with Crippen molar-refractivity contribution in [2.24, 2.45) is 0 Å². The Labute approximate surface area is 159 Å². The predicted octanol–water partition coefficient (Wildman–Crippen LogP) is 4.32. The molecule has 1 amide bonds. The number of thioether (sulfide) groups is 1. The predicted molar refractivity (Wildman–Crippen MR) is 108 cm³/mol. The van der Waals surface area contributed by atoms with Crippen molar-refractivity contribution < 1.29 is 14.3 Å². The Kier molecular flexibility index (Phi) is 6.45. The first-order valence-corrected chi connectivity index (χ1v) is 10.0. The molecule has 0 heterocycles. The van der Waals surface area contributed by atoms with Gasteiger partial charge in [-0.05, 0) is 73.7 Å². The molecule has 0 aromatic heterocycles. The third-order valence-corrected chi connectivity index (χ3v) is 5.63. The van der Waals surface area contributed by atoms with Crippen molar-refractivity contribution in [3.05, 3.63) is 53.6 Å². The van der Waals surface area contributed by atoms with Crippen LogP contribution in [-0.4, -0.2) is 30.6 Å². The number of rotatable bonds is 8. The lowest BCUT2D eigenvalue weighted by Crippen LogP contribution is -2.23. The van der Waals surface area contributed by atoms with Crippen molar-refractivity contribution >= 4 is 23.4 Å². The molecule has 0 spiro atoms. The smallest absolute Gasteiger partial charge is 0.237 e. The molecular formula is C21H25NO3S. The minimum Gasteiger partial charge on any atom is -0.497 e. The van der Waals surface area contributed by atoms with Crippen LogP contribution in [0.15, 0.2) is 42.5 Å². The second kappa shape index (κ2) is 8.99. The fourth-order valence-corrected chi connectivity index (χ4v) is 3.77. The summed E-state index contributed by atoms with van der Waals surface area (Å²) in [7, 11) is 1.64. The molecule has 26 heavy (non-hydrogen) atoms. The summed E-state index contributed by atoms with van der Waals surface area (Å²) in [4.78, 5) is 12.4. The fraction of sp³-hybridized carbons (Fsp3) is 0.381. The van der Waals surface area contributed by atoms with Crippen molar-refractivity contribution in [3.8, 4) is 11.5 Å². The Morgan fingerprint density at radius 3 is 2.62 bits per heavy atom. The Morgan fingerprint density at radius 2 is 1.85 bits per heavy atom. The van der Waals surface area contributed by atoms with Gasteiger partial charge >= 0.3 is 0 Å². The highest BCUT2D eigenvalue weighted by molar-refractivity contribution is 8.00. The number of amides is 1. The largest absolute Gasteiger partial charge is 0.497 e. The van der Waals surface area contributed by atoms with Crippen LogP contribution in [0.4, 0.5) is 5.69 Å². The topological polar surface area (TPSA) is 47.6 Å². The van der Waals surface area contributed by atoms with Gasteiger partial charge in [0.05, 0.1) is 19.0 Å². The molecule has 1 N–H and O–H groups in total. The minimum atomic E-state index is -0.122. The van der Waals surface area contributed by atoms with Gasteiger partial charge in [-0.3, -0.25) is 4.79 Å². The molecule has 0 fully saturated rings. The average Bonchev–Trinajstić information content (AvgIpc) is 3.13. The molecule has 5 heteroatoms. The van der Waals surface area contributed by atoms with Crippen molar-refractivity contribution in [1.82, 2.24) is 0 Å². The number of benzene rings is 2. The van der Waals surface area contributed by atoms with Crippen LogP contribution in [0.1, 0.15) is 24.5 Å². The zero-order chi connectivity index (χ0) is 18.4. The van der Waals surface area contributed by atoms with Crippen molar-refractivity contribution in [3.63, 3.8) is 0 Å². The molecule has 138 valence electrons. The summed E-state index contributed by atoms with van der Waals surface area (Å²) >= 11 is 1.59. The maximum atomic E-state index is 12.4. The van der Waals surface area contributed by atoms with Crippen LogP contribution in [0.25, 0.3) is 0 Å². The normalized spacial score (nSPS) is 13.8. The van der Waals surface area contributed by atoms with E-state index in [0.29, 0.717) is 6.61 Å². The van der Waals surface area contributed by atoms with E-state index in [9.17, 15) is 4.79 Å². The van der Waals surface area contributed by atoms with Gasteiger partial charge < -0.3 is 14.8 Å². The molecule has 1 unspecified atom stereocenters. The van der Waals surface area contributed by atoms with Crippen LogP contribution in [0, 0.1) is 0 Å². The van der Waals surface area contributed by atoms with Gasteiger partial charge in [-0.15, -0.1) is 11.8 Å². The van der Waals surface area contributed by atoms with Gasteiger partial charge in [0.2, 0.25) is 5.91 Å². The number of carbonyl (C=O) groups is 1. The van der Waals surface area contributed by atoms with Crippen LogP contribution in [-0.2, 0) is 17.6 Å². The van der Waals surface area contributed by atoms with Crippen LogP contribution >= 0.6 is 11.8 Å². The summed E-state index contributed by atoms with van der Waals surface area (Å²) in [5.41, 5.74) is 3.69. The zero-order valence-corrected chi connectivity index (χ0v) is 16.1. The Morgan fingerprint density at radius 1 is 1.12 bits per heavy atom. The van der Waals surface area contributed by atoms with E-state index in [1.807, 2.05) is 37.3 Å². The highest BCUT2D eigenvalue weighted by atomic mass is 32.2. The number of methoxy groups -OCH3 is 1. The summed E-state index contributed by atoms with van der Waals surface area (Å²) in [5.74, 6) is 2.41. The first kappa shape index (κ1) is 18.6. The zero-order valence-electron chi connectivity index (χ0n) is 15.3. The van der Waals surface area contributed by atoms with E-state index in [0.717, 1.165) is 35.8 Å². The second-order valence-corrected chi connectivity index (χ2v) is 7.81. The number of carbonyl (C=O) groups excluding carboxylic acids is 1. The lowest BCUT2D eigenvalue weighted by atomic mass is 10.1. The first-order chi connectivity index (χ1) is 12.7. The monoisotopic (exact) mass is 371 g/mol. The number of hydrogen-bond acceptors (Lipinski definition) is 4. The van der Waals surface area contributed by atoms with Crippen LogP contribution < -0.4 is 14.8 Å². The van der Waals surface area contributed by atoms with Crippen molar-refractivity contribution in [2.75, 3.05) is 24.8 Å². The van der Waals surface area contributed by atoms with E-state index in [1.54, 1.807) is 18.9 Å². The molecule has 1 aliphatic rings. The lowest BCUT2D eigenvalue weighted by Gasteiger charge is -2.13. The van der Waals surface area contributed by atoms with Gasteiger partial charge in [-0.1, -0.05) is 6.07 Å². The second-order valence-electron chi connectivity index (χ2n) is 6.36. The Balaban J connectivity index is 1.39. The highest BCUT2D eigenvalue weighted by Gasteiger charge is 2.15. The molecular weight excluding hydrogens is 346 g/mol. The maximum Gasteiger partial charge on any atom is 0.237 e. The fourth-order valence-electron chi connectivity index (χ4n) is 3.03.